The molecule has 29 heavy (non-hydrogen) atoms. The van der Waals surface area contributed by atoms with Crippen molar-refractivity contribution in [2.45, 2.75) is 83.5 Å². The van der Waals surface area contributed by atoms with Gasteiger partial charge in [-0.05, 0) is 49.9 Å². The van der Waals surface area contributed by atoms with Gasteiger partial charge in [-0.1, -0.05) is 49.9 Å². The van der Waals surface area contributed by atoms with Crippen molar-refractivity contribution >= 4 is 5.91 Å². The zero-order chi connectivity index (χ0) is 20.1. The van der Waals surface area contributed by atoms with E-state index < -0.39 is 0 Å². The van der Waals surface area contributed by atoms with E-state index in [1.54, 1.807) is 0 Å². The number of hydrogen-bond donors (Lipinski definition) is 1. The molecule has 1 N–H and O–H groups in total. The lowest BCUT2D eigenvalue weighted by Gasteiger charge is -2.33. The maximum Gasteiger partial charge on any atom is 0.243 e. The third kappa shape index (κ3) is 5.41. The number of nitrogens with one attached hydrogen (secondary N) is 1. The first-order valence-corrected chi connectivity index (χ1v) is 11.1. The van der Waals surface area contributed by atoms with Crippen molar-refractivity contribution in [1.82, 2.24) is 30.4 Å². The molecule has 0 unspecified atom stereocenters. The molecular weight excluding hydrogens is 364 g/mol. The fraction of sp³-hybridized carbons (Fsp3) is 0.636. The molecule has 4 rings (SSSR count). The van der Waals surface area contributed by atoms with Crippen LogP contribution in [0.15, 0.2) is 24.3 Å². The summed E-state index contributed by atoms with van der Waals surface area (Å²) in [6, 6.07) is 9.35. The van der Waals surface area contributed by atoms with Crippen LogP contribution < -0.4 is 5.32 Å². The minimum Gasteiger partial charge on any atom is -0.352 e. The fourth-order valence-electron chi connectivity index (χ4n) is 4.46. The van der Waals surface area contributed by atoms with Crippen LogP contribution in [-0.4, -0.2) is 49.6 Å². The number of amides is 1. The Hall–Kier alpha value is -2.28. The number of aromatic nitrogens is 4. The molecule has 1 saturated carbocycles. The average Bonchev–Trinajstić information content (AvgIpc) is 3.19. The molecule has 1 aliphatic heterocycles. The van der Waals surface area contributed by atoms with E-state index in [-0.39, 0.29) is 12.5 Å². The monoisotopic (exact) mass is 396 g/mol. The lowest BCUT2D eigenvalue weighted by molar-refractivity contribution is -0.123. The zero-order valence-corrected chi connectivity index (χ0v) is 17.4. The van der Waals surface area contributed by atoms with E-state index in [9.17, 15) is 4.79 Å². The highest BCUT2D eigenvalue weighted by Gasteiger charge is 2.19. The van der Waals surface area contributed by atoms with Crippen molar-refractivity contribution in [3.63, 3.8) is 0 Å². The molecule has 2 fully saturated rings. The minimum absolute atomic E-state index is 0.0353. The average molecular weight is 397 g/mol. The number of rotatable bonds is 6. The molecule has 1 amide bonds. The fourth-order valence-corrected chi connectivity index (χ4v) is 4.46. The smallest absolute Gasteiger partial charge is 0.243 e. The highest BCUT2D eigenvalue weighted by Crippen LogP contribution is 2.21. The molecule has 7 heteroatoms. The summed E-state index contributed by atoms with van der Waals surface area (Å²) < 4.78 is 0. The molecule has 2 heterocycles. The van der Waals surface area contributed by atoms with Gasteiger partial charge >= 0.3 is 0 Å². The van der Waals surface area contributed by atoms with Crippen molar-refractivity contribution in [1.29, 1.82) is 0 Å². The van der Waals surface area contributed by atoms with Crippen LogP contribution in [0.2, 0.25) is 0 Å². The first-order valence-electron chi connectivity index (χ1n) is 11.1. The van der Waals surface area contributed by atoms with Gasteiger partial charge in [0, 0.05) is 24.2 Å². The molecule has 1 aromatic carbocycles. The van der Waals surface area contributed by atoms with E-state index in [0.29, 0.717) is 17.9 Å². The normalized spacial score (nSPS) is 21.2. The Morgan fingerprint density at radius 2 is 1.83 bits per heavy atom. The summed E-state index contributed by atoms with van der Waals surface area (Å²) in [6.07, 6.45) is 9.75. The van der Waals surface area contributed by atoms with Crippen LogP contribution in [0, 0.1) is 0 Å². The number of carbonyl (C=O) groups excluding carboxylic acids is 1. The first kappa shape index (κ1) is 20.0. The molecule has 0 bridgehead atoms. The van der Waals surface area contributed by atoms with E-state index >= 15 is 0 Å². The van der Waals surface area contributed by atoms with Crippen LogP contribution in [0.4, 0.5) is 0 Å². The number of hydrogen-bond acceptors (Lipinski definition) is 5. The predicted octanol–water partition coefficient (Wildman–Crippen LogP) is 3.16. The number of likely N-dealkylation sites (tertiary alicyclic amines) is 1. The van der Waals surface area contributed by atoms with E-state index in [1.165, 1.54) is 55.4 Å². The molecule has 0 spiro atoms. The number of tetrazole rings is 1. The predicted molar refractivity (Wildman–Crippen MR) is 112 cm³/mol. The number of benzene rings is 1. The third-order valence-corrected chi connectivity index (χ3v) is 6.25. The summed E-state index contributed by atoms with van der Waals surface area (Å²) in [6.45, 7) is 4.61. The second kappa shape index (κ2) is 9.48. The van der Waals surface area contributed by atoms with E-state index in [0.717, 1.165) is 24.9 Å². The number of nitrogens with zero attached hydrogens (tertiary/aromatic N) is 5. The first-order chi connectivity index (χ1) is 14.2. The van der Waals surface area contributed by atoms with E-state index in [4.69, 9.17) is 0 Å². The van der Waals surface area contributed by atoms with Crippen molar-refractivity contribution < 1.29 is 4.79 Å². The highest BCUT2D eigenvalue weighted by atomic mass is 16.2. The molecule has 2 aliphatic rings. The summed E-state index contributed by atoms with van der Waals surface area (Å²) in [5.74, 6) is 0.528. The Kier molecular flexibility index (Phi) is 6.54. The van der Waals surface area contributed by atoms with Crippen molar-refractivity contribution in [2.75, 3.05) is 6.54 Å². The third-order valence-electron chi connectivity index (χ3n) is 6.25. The van der Waals surface area contributed by atoms with Gasteiger partial charge in [0.15, 0.2) is 0 Å². The van der Waals surface area contributed by atoms with Gasteiger partial charge in [-0.2, -0.15) is 4.80 Å². The standard InChI is InChI=1S/C22H32N6O/c1-17-7-5-6-14-27(17)15-18-10-12-19(13-11-18)22-24-26-28(25-22)16-21(29)23-20-8-3-2-4-9-20/h10-13,17,20H,2-9,14-16H2,1H3,(H,23,29)/t17-/m0/s1. The SMILES string of the molecule is C[C@H]1CCCCN1Cc1ccc(-c2nnn(CC(=O)NC3CCCCC3)n2)cc1. The molecule has 156 valence electrons. The van der Waals surface area contributed by atoms with Gasteiger partial charge in [0.1, 0.15) is 6.54 Å². The molecule has 1 saturated heterocycles. The van der Waals surface area contributed by atoms with Gasteiger partial charge in [0.2, 0.25) is 11.7 Å². The van der Waals surface area contributed by atoms with Gasteiger partial charge in [0.05, 0.1) is 0 Å². The Bertz CT molecular complexity index is 796. The van der Waals surface area contributed by atoms with Crippen LogP contribution >= 0.6 is 0 Å². The van der Waals surface area contributed by atoms with Gasteiger partial charge in [-0.25, -0.2) is 0 Å². The van der Waals surface area contributed by atoms with Crippen LogP contribution in [0.5, 0.6) is 0 Å². The van der Waals surface area contributed by atoms with Crippen LogP contribution in [-0.2, 0) is 17.9 Å². The summed E-state index contributed by atoms with van der Waals surface area (Å²) in [4.78, 5) is 16.2. The lowest BCUT2D eigenvalue weighted by Crippen LogP contribution is -2.38. The summed E-state index contributed by atoms with van der Waals surface area (Å²) >= 11 is 0. The quantitative estimate of drug-likeness (QED) is 0.812. The Morgan fingerprint density at radius 3 is 2.59 bits per heavy atom. The van der Waals surface area contributed by atoms with Crippen molar-refractivity contribution in [2.24, 2.45) is 0 Å². The van der Waals surface area contributed by atoms with E-state index in [1.807, 2.05) is 12.1 Å². The molecule has 0 radical (unpaired) electrons. The van der Waals surface area contributed by atoms with E-state index in [2.05, 4.69) is 44.7 Å². The molecule has 1 aliphatic carbocycles. The van der Waals surface area contributed by atoms with Crippen molar-refractivity contribution in [3.8, 4) is 11.4 Å². The van der Waals surface area contributed by atoms with Crippen LogP contribution in [0.25, 0.3) is 11.4 Å². The molecular formula is C22H32N6O. The summed E-state index contributed by atoms with van der Waals surface area (Å²) in [5, 5.41) is 15.7. The largest absolute Gasteiger partial charge is 0.352 e. The maximum absolute atomic E-state index is 12.2. The molecule has 1 atom stereocenters. The van der Waals surface area contributed by atoms with Crippen LogP contribution in [0.3, 0.4) is 0 Å². The Balaban J connectivity index is 1.32. The number of carbonyl (C=O) groups is 1. The van der Waals surface area contributed by atoms with Gasteiger partial charge < -0.3 is 5.32 Å². The van der Waals surface area contributed by atoms with Crippen LogP contribution in [0.1, 0.15) is 63.9 Å². The van der Waals surface area contributed by atoms with Gasteiger partial charge in [-0.15, -0.1) is 10.2 Å². The zero-order valence-electron chi connectivity index (χ0n) is 17.4. The Morgan fingerprint density at radius 1 is 1.07 bits per heavy atom. The maximum atomic E-state index is 12.2. The minimum atomic E-state index is -0.0353. The van der Waals surface area contributed by atoms with Gasteiger partial charge in [0.25, 0.3) is 0 Å². The second-order valence-corrected chi connectivity index (χ2v) is 8.56. The topological polar surface area (TPSA) is 75.9 Å². The molecule has 2 aromatic rings. The molecule has 7 nitrogen and oxygen atoms in total. The second-order valence-electron chi connectivity index (χ2n) is 8.56. The summed E-state index contributed by atoms with van der Waals surface area (Å²) in [5.41, 5.74) is 2.24. The number of piperidine rings is 1. The van der Waals surface area contributed by atoms with Crippen molar-refractivity contribution in [3.05, 3.63) is 29.8 Å². The highest BCUT2D eigenvalue weighted by molar-refractivity contribution is 5.75. The van der Waals surface area contributed by atoms with Gasteiger partial charge in [-0.3, -0.25) is 9.69 Å². The summed E-state index contributed by atoms with van der Waals surface area (Å²) in [7, 11) is 0. The Labute approximate surface area is 172 Å². The lowest BCUT2D eigenvalue weighted by atomic mass is 9.95. The molecule has 1 aromatic heterocycles.